The fraction of sp³-hybridized carbons (Fsp3) is 0.276. The van der Waals surface area contributed by atoms with Crippen molar-refractivity contribution in [3.63, 3.8) is 0 Å². The van der Waals surface area contributed by atoms with Crippen LogP contribution in [-0.4, -0.2) is 68.6 Å². The van der Waals surface area contributed by atoms with Crippen LogP contribution in [0.15, 0.2) is 54.6 Å². The van der Waals surface area contributed by atoms with E-state index in [9.17, 15) is 14.7 Å². The van der Waals surface area contributed by atoms with Crippen molar-refractivity contribution in [3.8, 4) is 16.9 Å². The SMILES string of the molecule is COc1ccc(-c2cc(C(=O)NCCN(C)C)ccc2CN2CCc3cc(C(=N)N)ccc32)c(C(=O)O)c1. The molecular weight excluding hydrogens is 482 g/mol. The average Bonchev–Trinajstić information content (AvgIpc) is 3.30. The van der Waals surface area contributed by atoms with E-state index in [1.807, 2.05) is 43.3 Å². The van der Waals surface area contributed by atoms with Crippen molar-refractivity contribution >= 4 is 23.4 Å². The number of carbonyl (C=O) groups excluding carboxylic acids is 1. The molecule has 198 valence electrons. The van der Waals surface area contributed by atoms with Crippen LogP contribution in [0.5, 0.6) is 5.75 Å². The first-order chi connectivity index (χ1) is 18.2. The van der Waals surface area contributed by atoms with Crippen molar-refractivity contribution < 1.29 is 19.4 Å². The molecule has 3 aromatic carbocycles. The van der Waals surface area contributed by atoms with Gasteiger partial charge in [0.15, 0.2) is 0 Å². The van der Waals surface area contributed by atoms with E-state index in [-0.39, 0.29) is 17.3 Å². The number of hydrogen-bond acceptors (Lipinski definition) is 6. The van der Waals surface area contributed by atoms with Gasteiger partial charge in [-0.05, 0) is 91.3 Å². The number of rotatable bonds is 10. The zero-order valence-electron chi connectivity index (χ0n) is 21.9. The number of anilines is 1. The summed E-state index contributed by atoms with van der Waals surface area (Å²) >= 11 is 0. The molecule has 1 amide bonds. The zero-order valence-corrected chi connectivity index (χ0v) is 21.9. The second-order valence-electron chi connectivity index (χ2n) is 9.58. The minimum atomic E-state index is -1.08. The number of nitrogens with zero attached hydrogens (tertiary/aromatic N) is 2. The third-order valence-electron chi connectivity index (χ3n) is 6.71. The molecule has 3 aromatic rings. The highest BCUT2D eigenvalue weighted by Gasteiger charge is 2.23. The molecule has 0 bridgehead atoms. The van der Waals surface area contributed by atoms with Gasteiger partial charge in [-0.1, -0.05) is 6.07 Å². The molecule has 0 radical (unpaired) electrons. The lowest BCUT2D eigenvalue weighted by molar-refractivity contribution is 0.0697. The lowest BCUT2D eigenvalue weighted by Crippen LogP contribution is -2.31. The van der Waals surface area contributed by atoms with Crippen molar-refractivity contribution in [2.75, 3.05) is 45.7 Å². The van der Waals surface area contributed by atoms with Crippen LogP contribution in [0.4, 0.5) is 5.69 Å². The quantitative estimate of drug-likeness (QED) is 0.241. The number of ether oxygens (including phenoxy) is 1. The molecule has 1 aliphatic rings. The molecule has 4 rings (SSSR count). The van der Waals surface area contributed by atoms with Gasteiger partial charge in [0.25, 0.3) is 5.91 Å². The van der Waals surface area contributed by atoms with Crippen molar-refractivity contribution in [1.29, 1.82) is 5.41 Å². The molecule has 0 fully saturated rings. The first kappa shape index (κ1) is 26.7. The molecule has 0 saturated heterocycles. The molecule has 9 heteroatoms. The van der Waals surface area contributed by atoms with Crippen LogP contribution in [0.1, 0.15) is 37.4 Å². The van der Waals surface area contributed by atoms with Gasteiger partial charge in [-0.25, -0.2) is 4.79 Å². The lowest BCUT2D eigenvalue weighted by Gasteiger charge is -2.23. The van der Waals surface area contributed by atoms with Crippen molar-refractivity contribution in [3.05, 3.63) is 82.4 Å². The van der Waals surface area contributed by atoms with Gasteiger partial charge in [-0.15, -0.1) is 0 Å². The first-order valence-corrected chi connectivity index (χ1v) is 12.4. The monoisotopic (exact) mass is 515 g/mol. The summed E-state index contributed by atoms with van der Waals surface area (Å²) in [5.41, 5.74) is 11.2. The Kier molecular flexibility index (Phi) is 7.97. The maximum atomic E-state index is 12.9. The van der Waals surface area contributed by atoms with Crippen molar-refractivity contribution in [2.24, 2.45) is 5.73 Å². The van der Waals surface area contributed by atoms with E-state index < -0.39 is 5.97 Å². The number of hydrogen-bond donors (Lipinski definition) is 4. The van der Waals surface area contributed by atoms with Crippen LogP contribution in [-0.2, 0) is 13.0 Å². The van der Waals surface area contributed by atoms with Gasteiger partial charge in [-0.3, -0.25) is 10.2 Å². The Bertz CT molecular complexity index is 1390. The normalized spacial score (nSPS) is 12.4. The van der Waals surface area contributed by atoms with E-state index >= 15 is 0 Å². The number of carboxylic acids is 1. The maximum Gasteiger partial charge on any atom is 0.336 e. The number of carboxylic acid groups (broad SMARTS) is 1. The molecule has 0 atom stereocenters. The molecule has 0 unspecified atom stereocenters. The number of nitrogens with two attached hydrogens (primary N) is 1. The molecule has 9 nitrogen and oxygen atoms in total. The van der Waals surface area contributed by atoms with Gasteiger partial charge >= 0.3 is 5.97 Å². The van der Waals surface area contributed by atoms with E-state index in [1.165, 1.54) is 13.2 Å². The van der Waals surface area contributed by atoms with Gasteiger partial charge in [-0.2, -0.15) is 0 Å². The fourth-order valence-corrected chi connectivity index (χ4v) is 4.67. The molecule has 38 heavy (non-hydrogen) atoms. The van der Waals surface area contributed by atoms with E-state index in [2.05, 4.69) is 10.2 Å². The maximum absolute atomic E-state index is 12.9. The van der Waals surface area contributed by atoms with Crippen LogP contribution >= 0.6 is 0 Å². The minimum Gasteiger partial charge on any atom is -0.497 e. The standard InChI is InChI=1S/C29H33N5O4/c1-33(2)13-11-32-28(35)20-4-5-21(17-34-12-10-18-14-19(27(30)31)6-9-26(18)34)24(15-20)23-8-7-22(38-3)16-25(23)29(36)37/h4-9,14-16H,10-13,17H2,1-3H3,(H3,30,31)(H,32,35)(H,36,37). The van der Waals surface area contributed by atoms with E-state index in [4.69, 9.17) is 15.9 Å². The Morgan fingerprint density at radius 1 is 1.08 bits per heavy atom. The number of amidine groups is 1. The van der Waals surface area contributed by atoms with Gasteiger partial charge in [0.1, 0.15) is 11.6 Å². The molecule has 0 aliphatic carbocycles. The zero-order chi connectivity index (χ0) is 27.4. The number of amides is 1. The summed E-state index contributed by atoms with van der Waals surface area (Å²) in [6.45, 7) is 2.50. The Balaban J connectivity index is 1.74. The fourth-order valence-electron chi connectivity index (χ4n) is 4.67. The molecule has 1 aliphatic heterocycles. The predicted octanol–water partition coefficient (Wildman–Crippen LogP) is 3.20. The minimum absolute atomic E-state index is 0.0358. The molecule has 1 heterocycles. The van der Waals surface area contributed by atoms with Gasteiger partial charge in [0.05, 0.1) is 12.7 Å². The van der Waals surface area contributed by atoms with Crippen LogP contribution in [0.2, 0.25) is 0 Å². The number of aromatic carboxylic acids is 1. The Hall–Kier alpha value is -4.37. The summed E-state index contributed by atoms with van der Waals surface area (Å²) in [5, 5.41) is 20.6. The first-order valence-electron chi connectivity index (χ1n) is 12.4. The summed E-state index contributed by atoms with van der Waals surface area (Å²) in [5.74, 6) is -0.809. The lowest BCUT2D eigenvalue weighted by atomic mass is 9.92. The molecule has 5 N–H and O–H groups in total. The largest absolute Gasteiger partial charge is 0.497 e. The molecule has 0 saturated carbocycles. The van der Waals surface area contributed by atoms with Crippen LogP contribution in [0.3, 0.4) is 0 Å². The number of nitrogen functional groups attached to an aromatic ring is 1. The number of carbonyl (C=O) groups is 2. The second-order valence-corrected chi connectivity index (χ2v) is 9.58. The molecule has 0 aromatic heterocycles. The Labute approximate surface area is 222 Å². The predicted molar refractivity (Wildman–Crippen MR) is 148 cm³/mol. The van der Waals surface area contributed by atoms with Crippen LogP contribution in [0, 0.1) is 5.41 Å². The highest BCUT2D eigenvalue weighted by Crippen LogP contribution is 2.35. The highest BCUT2D eigenvalue weighted by atomic mass is 16.5. The van der Waals surface area contributed by atoms with E-state index in [0.717, 1.165) is 29.8 Å². The number of nitrogens with one attached hydrogen (secondary N) is 2. The van der Waals surface area contributed by atoms with Gasteiger partial charge < -0.3 is 30.7 Å². The van der Waals surface area contributed by atoms with E-state index in [1.54, 1.807) is 24.3 Å². The summed E-state index contributed by atoms with van der Waals surface area (Å²) in [7, 11) is 5.37. The summed E-state index contributed by atoms with van der Waals surface area (Å²) < 4.78 is 5.26. The second kappa shape index (κ2) is 11.4. The van der Waals surface area contributed by atoms with Crippen LogP contribution in [0.25, 0.3) is 11.1 Å². The van der Waals surface area contributed by atoms with Crippen LogP contribution < -0.4 is 20.7 Å². The topological polar surface area (TPSA) is 132 Å². The number of fused-ring (bicyclic) bond motifs is 1. The van der Waals surface area contributed by atoms with Gasteiger partial charge in [0.2, 0.25) is 0 Å². The average molecular weight is 516 g/mol. The summed E-state index contributed by atoms with van der Waals surface area (Å²) in [6, 6.07) is 16.2. The summed E-state index contributed by atoms with van der Waals surface area (Å²) in [4.78, 5) is 29.4. The number of methoxy groups -OCH3 is 1. The highest BCUT2D eigenvalue weighted by molar-refractivity contribution is 6.00. The molecule has 0 spiro atoms. The third kappa shape index (κ3) is 5.78. The smallest absolute Gasteiger partial charge is 0.336 e. The molecular formula is C29H33N5O4. The third-order valence-corrected chi connectivity index (χ3v) is 6.71. The Morgan fingerprint density at radius 2 is 1.84 bits per heavy atom. The van der Waals surface area contributed by atoms with Crippen molar-refractivity contribution in [2.45, 2.75) is 13.0 Å². The Morgan fingerprint density at radius 3 is 2.53 bits per heavy atom. The number of benzene rings is 3. The van der Waals surface area contributed by atoms with E-state index in [0.29, 0.717) is 47.6 Å². The summed E-state index contributed by atoms with van der Waals surface area (Å²) in [6.07, 6.45) is 0.820. The van der Waals surface area contributed by atoms with Crippen molar-refractivity contribution in [1.82, 2.24) is 10.2 Å². The number of likely N-dealkylation sites (N-methyl/N-ethyl adjacent to an activating group) is 1. The van der Waals surface area contributed by atoms with Gasteiger partial charge in [0, 0.05) is 43.0 Å².